The molecule has 0 aliphatic rings. The van der Waals surface area contributed by atoms with Gasteiger partial charge in [0.2, 0.25) is 0 Å². The van der Waals surface area contributed by atoms with Crippen molar-refractivity contribution in [1.29, 1.82) is 0 Å². The van der Waals surface area contributed by atoms with Gasteiger partial charge in [0.05, 0.1) is 34.1 Å². The van der Waals surface area contributed by atoms with Gasteiger partial charge in [-0.2, -0.15) is 0 Å². The Kier molecular flexibility index (Phi) is 9.53. The van der Waals surface area contributed by atoms with Gasteiger partial charge in [0.25, 0.3) is 0 Å². The number of hydrogen-bond acceptors (Lipinski definition) is 7. The smallest absolute Gasteiger partial charge is 0.0936 e. The molecule has 0 bridgehead atoms. The van der Waals surface area contributed by atoms with Gasteiger partial charge in [-0.3, -0.25) is 0 Å². The minimum absolute atomic E-state index is 0.393. The number of azo groups is 1. The Morgan fingerprint density at radius 2 is 0.792 bits per heavy atom. The molecule has 8 aromatic rings. The van der Waals surface area contributed by atoms with Crippen molar-refractivity contribution in [2.24, 2.45) is 10.2 Å². The van der Waals surface area contributed by atoms with E-state index in [4.69, 9.17) is 10.2 Å². The molecule has 0 aromatic heterocycles. The molecule has 8 rings (SSSR count). The Balaban J connectivity index is 1.01. The fourth-order valence-corrected chi connectivity index (χ4v) is 6.62. The van der Waals surface area contributed by atoms with E-state index in [1.165, 1.54) is 16.5 Å². The molecule has 1 unspecified atom stereocenters. The average Bonchev–Trinajstić information content (AvgIpc) is 3.22. The number of anilines is 5. The van der Waals surface area contributed by atoms with Crippen molar-refractivity contribution in [2.75, 3.05) is 27.0 Å². The minimum Gasteiger partial charge on any atom is -0.382 e. The second kappa shape index (κ2) is 15.2. The van der Waals surface area contributed by atoms with Gasteiger partial charge in [0.15, 0.2) is 0 Å². The molecule has 0 fully saturated rings. The Labute approximate surface area is 309 Å². The first-order chi connectivity index (χ1) is 26.1. The molecule has 5 N–H and O–H groups in total. The van der Waals surface area contributed by atoms with Gasteiger partial charge >= 0.3 is 0 Å². The van der Waals surface area contributed by atoms with Crippen LogP contribution in [0.25, 0.3) is 43.4 Å². The minimum atomic E-state index is 0.393. The molecule has 0 heterocycles. The van der Waals surface area contributed by atoms with E-state index in [9.17, 15) is 0 Å². The van der Waals surface area contributed by atoms with Gasteiger partial charge in [-0.05, 0) is 73.0 Å². The standard InChI is InChI=1S/C46H41N7/c1-3-31(2)47-41-25-26-43(36-16-8-7-15-35(36)41)50-51-45-29-30-46(40-20-12-11-19-39(40)45)53-52-44-28-27-42(37-17-9-10-18-38(37)44)49-48-34-23-21-33(22-24-34)32-13-5-4-6-14-32/h4-31,47-51H,3H2,1-2H3/b53-52+. The van der Waals surface area contributed by atoms with E-state index in [2.05, 4.69) is 150 Å². The number of hydrogen-bond donors (Lipinski definition) is 5. The molecule has 7 heteroatoms. The molecule has 0 saturated heterocycles. The van der Waals surface area contributed by atoms with Crippen LogP contribution >= 0.6 is 0 Å². The van der Waals surface area contributed by atoms with Crippen molar-refractivity contribution in [2.45, 2.75) is 26.3 Å². The van der Waals surface area contributed by atoms with Gasteiger partial charge in [0.1, 0.15) is 0 Å². The van der Waals surface area contributed by atoms with E-state index in [-0.39, 0.29) is 0 Å². The summed E-state index contributed by atoms with van der Waals surface area (Å²) in [6.45, 7) is 4.40. The van der Waals surface area contributed by atoms with Crippen LogP contribution in [-0.4, -0.2) is 6.04 Å². The molecule has 0 aliphatic heterocycles. The monoisotopic (exact) mass is 691 g/mol. The third-order valence-corrected chi connectivity index (χ3v) is 9.67. The lowest BCUT2D eigenvalue weighted by Crippen LogP contribution is -2.14. The SMILES string of the molecule is CCC(C)Nc1ccc(NNc2ccc(/N=N/c3ccc(NNc4ccc(-c5ccccc5)cc4)c4ccccc34)c3ccccc23)c2ccccc12. The van der Waals surface area contributed by atoms with E-state index < -0.39 is 0 Å². The summed E-state index contributed by atoms with van der Waals surface area (Å²) in [6, 6.07) is 56.5. The summed E-state index contributed by atoms with van der Waals surface area (Å²) in [7, 11) is 0. The predicted molar refractivity (Wildman–Crippen MR) is 226 cm³/mol. The van der Waals surface area contributed by atoms with Crippen LogP contribution in [0, 0.1) is 0 Å². The lowest BCUT2D eigenvalue weighted by molar-refractivity contribution is 0.765. The lowest BCUT2D eigenvalue weighted by atomic mass is 10.1. The summed E-state index contributed by atoms with van der Waals surface area (Å²) < 4.78 is 0. The van der Waals surface area contributed by atoms with Gasteiger partial charge < -0.3 is 27.0 Å². The van der Waals surface area contributed by atoms with Crippen molar-refractivity contribution in [3.8, 4) is 11.1 Å². The molecule has 7 nitrogen and oxygen atoms in total. The van der Waals surface area contributed by atoms with Crippen LogP contribution in [0.3, 0.4) is 0 Å². The van der Waals surface area contributed by atoms with E-state index in [0.29, 0.717) is 6.04 Å². The molecule has 53 heavy (non-hydrogen) atoms. The highest BCUT2D eigenvalue weighted by molar-refractivity contribution is 6.04. The highest BCUT2D eigenvalue weighted by Crippen LogP contribution is 2.37. The highest BCUT2D eigenvalue weighted by Gasteiger charge is 2.11. The lowest BCUT2D eigenvalue weighted by Gasteiger charge is -2.19. The largest absolute Gasteiger partial charge is 0.382 e. The zero-order chi connectivity index (χ0) is 36.0. The number of nitrogens with one attached hydrogen (secondary N) is 5. The Hall–Kier alpha value is -6.86. The van der Waals surface area contributed by atoms with Crippen LogP contribution in [0.15, 0.2) is 174 Å². The molecule has 0 amide bonds. The van der Waals surface area contributed by atoms with Crippen LogP contribution in [0.5, 0.6) is 0 Å². The second-order valence-electron chi connectivity index (χ2n) is 13.2. The summed E-state index contributed by atoms with van der Waals surface area (Å²) >= 11 is 0. The number of nitrogens with zero attached hydrogens (tertiary/aromatic N) is 2. The van der Waals surface area contributed by atoms with Crippen molar-refractivity contribution in [3.63, 3.8) is 0 Å². The zero-order valence-electron chi connectivity index (χ0n) is 29.8. The van der Waals surface area contributed by atoms with Crippen LogP contribution in [0.1, 0.15) is 20.3 Å². The molecular weight excluding hydrogens is 651 g/mol. The summed E-state index contributed by atoms with van der Waals surface area (Å²) in [4.78, 5) is 0. The summed E-state index contributed by atoms with van der Waals surface area (Å²) in [5.74, 6) is 0. The number of rotatable bonds is 12. The van der Waals surface area contributed by atoms with Crippen molar-refractivity contribution >= 4 is 72.1 Å². The van der Waals surface area contributed by atoms with Crippen LogP contribution in [0.2, 0.25) is 0 Å². The summed E-state index contributed by atoms with van der Waals surface area (Å²) in [6.07, 6.45) is 1.06. The van der Waals surface area contributed by atoms with E-state index in [0.717, 1.165) is 73.2 Å². The Bertz CT molecular complexity index is 2550. The number of hydrazine groups is 2. The maximum Gasteiger partial charge on any atom is 0.0936 e. The van der Waals surface area contributed by atoms with Gasteiger partial charge in [0, 0.05) is 44.0 Å². The van der Waals surface area contributed by atoms with Crippen LogP contribution < -0.4 is 27.0 Å². The van der Waals surface area contributed by atoms with Crippen molar-refractivity contribution in [1.82, 2.24) is 0 Å². The van der Waals surface area contributed by atoms with E-state index in [1.54, 1.807) is 0 Å². The average molecular weight is 692 g/mol. The fraction of sp³-hybridized carbons (Fsp3) is 0.0870. The van der Waals surface area contributed by atoms with E-state index in [1.807, 2.05) is 54.6 Å². The normalized spacial score (nSPS) is 11.9. The number of benzene rings is 8. The molecule has 0 radical (unpaired) electrons. The molecular formula is C46H41N7. The van der Waals surface area contributed by atoms with Gasteiger partial charge in [-0.15, -0.1) is 10.2 Å². The van der Waals surface area contributed by atoms with E-state index >= 15 is 0 Å². The highest BCUT2D eigenvalue weighted by atomic mass is 15.4. The Morgan fingerprint density at radius 3 is 1.32 bits per heavy atom. The molecule has 0 aliphatic carbocycles. The van der Waals surface area contributed by atoms with Gasteiger partial charge in [-0.25, -0.2) is 0 Å². The fourth-order valence-electron chi connectivity index (χ4n) is 6.62. The van der Waals surface area contributed by atoms with Crippen LogP contribution in [0.4, 0.5) is 39.8 Å². The maximum absolute atomic E-state index is 4.79. The summed E-state index contributed by atoms with van der Waals surface area (Å²) in [5.41, 5.74) is 22.7. The third-order valence-electron chi connectivity index (χ3n) is 9.67. The second-order valence-corrected chi connectivity index (χ2v) is 13.2. The molecule has 0 spiro atoms. The first-order valence-electron chi connectivity index (χ1n) is 18.1. The Morgan fingerprint density at radius 1 is 0.396 bits per heavy atom. The molecule has 1 atom stereocenters. The molecule has 0 saturated carbocycles. The molecule has 8 aromatic carbocycles. The topological polar surface area (TPSA) is 84.9 Å². The maximum atomic E-state index is 4.79. The first-order valence-corrected chi connectivity index (χ1v) is 18.1. The zero-order valence-corrected chi connectivity index (χ0v) is 29.8. The van der Waals surface area contributed by atoms with Crippen molar-refractivity contribution in [3.05, 3.63) is 164 Å². The van der Waals surface area contributed by atoms with Crippen LogP contribution in [-0.2, 0) is 0 Å². The number of fused-ring (bicyclic) bond motifs is 3. The molecule has 260 valence electrons. The predicted octanol–water partition coefficient (Wildman–Crippen LogP) is 13.3. The third kappa shape index (κ3) is 7.18. The first kappa shape index (κ1) is 33.3. The van der Waals surface area contributed by atoms with Gasteiger partial charge in [-0.1, -0.05) is 122 Å². The van der Waals surface area contributed by atoms with Crippen molar-refractivity contribution < 1.29 is 0 Å². The summed E-state index contributed by atoms with van der Waals surface area (Å²) in [5, 5.41) is 19.6. The quantitative estimate of drug-likeness (QED) is 0.0650.